The summed E-state index contributed by atoms with van der Waals surface area (Å²) < 4.78 is 24.6. The Labute approximate surface area is 132 Å². The van der Waals surface area contributed by atoms with Crippen LogP contribution in [0.15, 0.2) is 0 Å². The molecular weight excluding hydrogens is 302 g/mol. The zero-order valence-corrected chi connectivity index (χ0v) is 14.7. The Morgan fingerprint density at radius 2 is 1.77 bits per heavy atom. The molecule has 0 amide bonds. The van der Waals surface area contributed by atoms with Crippen molar-refractivity contribution in [1.82, 2.24) is 14.3 Å². The van der Waals surface area contributed by atoms with Crippen LogP contribution in [0.25, 0.3) is 0 Å². The van der Waals surface area contributed by atoms with E-state index in [0.29, 0.717) is 19.0 Å². The van der Waals surface area contributed by atoms with Crippen LogP contribution in [0.1, 0.15) is 24.1 Å². The number of piperidine rings is 1. The fourth-order valence-electron chi connectivity index (χ4n) is 2.48. The van der Waals surface area contributed by atoms with Gasteiger partial charge < -0.3 is 10.2 Å². The Balaban J connectivity index is 2.09. The van der Waals surface area contributed by atoms with Crippen molar-refractivity contribution >= 4 is 21.8 Å². The van der Waals surface area contributed by atoms with Crippen LogP contribution in [0, 0.1) is 13.8 Å². The van der Waals surface area contributed by atoms with Crippen molar-refractivity contribution in [2.75, 3.05) is 43.7 Å². The molecule has 1 aromatic rings. The Hall–Kier alpha value is -1.41. The zero-order chi connectivity index (χ0) is 16.5. The number of rotatable bonds is 4. The molecule has 0 saturated carbocycles. The standard InChI is InChI=1S/C14H25N5O2S/c1-10-11(2)15-14(18(3)4)17-13(10)16-12-6-8-19(9-7-12)22(5,20)21/h12H,6-9H2,1-5H3,(H,15,16,17). The summed E-state index contributed by atoms with van der Waals surface area (Å²) in [5.41, 5.74) is 1.99. The van der Waals surface area contributed by atoms with Crippen LogP contribution in [0.3, 0.4) is 0 Å². The number of hydrogen-bond acceptors (Lipinski definition) is 6. The van der Waals surface area contributed by atoms with Gasteiger partial charge in [-0.3, -0.25) is 0 Å². The average molecular weight is 327 g/mol. The molecule has 0 bridgehead atoms. The predicted molar refractivity (Wildman–Crippen MR) is 88.9 cm³/mol. The summed E-state index contributed by atoms with van der Waals surface area (Å²) in [6.45, 7) is 5.09. The van der Waals surface area contributed by atoms with Gasteiger partial charge in [-0.25, -0.2) is 17.7 Å². The van der Waals surface area contributed by atoms with Gasteiger partial charge in [0.15, 0.2) is 0 Å². The lowest BCUT2D eigenvalue weighted by Crippen LogP contribution is -2.42. The topological polar surface area (TPSA) is 78.4 Å². The maximum atomic E-state index is 11.5. The summed E-state index contributed by atoms with van der Waals surface area (Å²) in [6, 6.07) is 0.237. The monoisotopic (exact) mass is 327 g/mol. The van der Waals surface area contributed by atoms with Gasteiger partial charge in [0.05, 0.1) is 6.26 Å². The molecule has 0 unspecified atom stereocenters. The number of sulfonamides is 1. The predicted octanol–water partition coefficient (Wildman–Crippen LogP) is 0.995. The third-order valence-electron chi connectivity index (χ3n) is 4.04. The number of anilines is 2. The highest BCUT2D eigenvalue weighted by Gasteiger charge is 2.25. The van der Waals surface area contributed by atoms with Gasteiger partial charge in [0.2, 0.25) is 16.0 Å². The van der Waals surface area contributed by atoms with E-state index in [1.54, 1.807) is 0 Å². The lowest BCUT2D eigenvalue weighted by atomic mass is 10.1. The minimum atomic E-state index is -3.08. The van der Waals surface area contributed by atoms with E-state index in [1.165, 1.54) is 10.6 Å². The molecule has 1 fully saturated rings. The molecule has 0 radical (unpaired) electrons. The molecule has 0 aromatic carbocycles. The molecule has 2 rings (SSSR count). The molecule has 8 heteroatoms. The SMILES string of the molecule is Cc1nc(N(C)C)nc(NC2CCN(S(C)(=O)=O)CC2)c1C. The maximum absolute atomic E-state index is 11.5. The summed E-state index contributed by atoms with van der Waals surface area (Å²) in [6.07, 6.45) is 2.84. The Bertz CT molecular complexity index is 637. The number of aromatic nitrogens is 2. The second kappa shape index (κ2) is 6.37. The Kier molecular flexibility index (Phi) is 4.91. The van der Waals surface area contributed by atoms with Crippen molar-refractivity contribution < 1.29 is 8.42 Å². The highest BCUT2D eigenvalue weighted by atomic mass is 32.2. The molecule has 2 heterocycles. The summed E-state index contributed by atoms with van der Waals surface area (Å²) in [5.74, 6) is 1.52. The molecule has 1 aliphatic heterocycles. The van der Waals surface area contributed by atoms with E-state index in [-0.39, 0.29) is 6.04 Å². The van der Waals surface area contributed by atoms with Crippen LogP contribution in [0.5, 0.6) is 0 Å². The molecule has 1 aliphatic rings. The van der Waals surface area contributed by atoms with E-state index in [4.69, 9.17) is 0 Å². The molecule has 1 aromatic heterocycles. The lowest BCUT2D eigenvalue weighted by Gasteiger charge is -2.31. The third kappa shape index (κ3) is 3.86. The zero-order valence-electron chi connectivity index (χ0n) is 13.9. The normalized spacial score (nSPS) is 17.5. The second-order valence-corrected chi connectivity index (χ2v) is 8.04. The van der Waals surface area contributed by atoms with E-state index >= 15 is 0 Å². The largest absolute Gasteiger partial charge is 0.367 e. The maximum Gasteiger partial charge on any atom is 0.227 e. The van der Waals surface area contributed by atoms with Gasteiger partial charge in [-0.15, -0.1) is 0 Å². The molecule has 1 N–H and O–H groups in total. The van der Waals surface area contributed by atoms with Gasteiger partial charge >= 0.3 is 0 Å². The van der Waals surface area contributed by atoms with E-state index < -0.39 is 10.0 Å². The molecule has 22 heavy (non-hydrogen) atoms. The van der Waals surface area contributed by atoms with Crippen LogP contribution < -0.4 is 10.2 Å². The van der Waals surface area contributed by atoms with Gasteiger partial charge in [0, 0.05) is 44.5 Å². The number of aryl methyl sites for hydroxylation is 1. The first-order valence-corrected chi connectivity index (χ1v) is 9.27. The van der Waals surface area contributed by atoms with Gasteiger partial charge in [0.25, 0.3) is 0 Å². The van der Waals surface area contributed by atoms with Gasteiger partial charge in [-0.05, 0) is 26.7 Å². The minimum Gasteiger partial charge on any atom is -0.367 e. The molecule has 0 spiro atoms. The van der Waals surface area contributed by atoms with Crippen LogP contribution in [-0.4, -0.2) is 62.2 Å². The highest BCUT2D eigenvalue weighted by molar-refractivity contribution is 7.88. The molecule has 0 aliphatic carbocycles. The second-order valence-electron chi connectivity index (χ2n) is 6.06. The summed E-state index contributed by atoms with van der Waals surface area (Å²) in [4.78, 5) is 10.9. The van der Waals surface area contributed by atoms with E-state index in [2.05, 4.69) is 15.3 Å². The van der Waals surface area contributed by atoms with E-state index in [0.717, 1.165) is 29.9 Å². The number of nitrogens with one attached hydrogen (secondary N) is 1. The van der Waals surface area contributed by atoms with Crippen molar-refractivity contribution in [2.45, 2.75) is 32.7 Å². The first kappa shape index (κ1) is 17.0. The summed E-state index contributed by atoms with van der Waals surface area (Å²) in [5, 5.41) is 3.46. The molecule has 7 nitrogen and oxygen atoms in total. The van der Waals surface area contributed by atoms with Gasteiger partial charge in [-0.1, -0.05) is 0 Å². The minimum absolute atomic E-state index is 0.237. The number of hydrogen-bond donors (Lipinski definition) is 1. The Morgan fingerprint density at radius 3 is 2.27 bits per heavy atom. The van der Waals surface area contributed by atoms with Crippen LogP contribution >= 0.6 is 0 Å². The van der Waals surface area contributed by atoms with Crippen molar-refractivity contribution in [3.63, 3.8) is 0 Å². The summed E-state index contributed by atoms with van der Waals surface area (Å²) in [7, 11) is 0.749. The Morgan fingerprint density at radius 1 is 1.18 bits per heavy atom. The fourth-order valence-corrected chi connectivity index (χ4v) is 3.35. The third-order valence-corrected chi connectivity index (χ3v) is 5.34. The van der Waals surface area contributed by atoms with Crippen molar-refractivity contribution in [1.29, 1.82) is 0 Å². The molecule has 1 saturated heterocycles. The quantitative estimate of drug-likeness (QED) is 0.889. The fraction of sp³-hybridized carbons (Fsp3) is 0.714. The first-order valence-electron chi connectivity index (χ1n) is 7.42. The van der Waals surface area contributed by atoms with Crippen molar-refractivity contribution in [2.24, 2.45) is 0 Å². The van der Waals surface area contributed by atoms with Gasteiger partial charge in [0.1, 0.15) is 5.82 Å². The average Bonchev–Trinajstić information content (AvgIpc) is 2.43. The highest BCUT2D eigenvalue weighted by Crippen LogP contribution is 2.22. The lowest BCUT2D eigenvalue weighted by molar-refractivity contribution is 0.331. The first-order chi connectivity index (χ1) is 10.2. The van der Waals surface area contributed by atoms with Crippen molar-refractivity contribution in [3.05, 3.63) is 11.3 Å². The van der Waals surface area contributed by atoms with Crippen LogP contribution in [0.2, 0.25) is 0 Å². The van der Waals surface area contributed by atoms with Gasteiger partial charge in [-0.2, -0.15) is 4.98 Å². The van der Waals surface area contributed by atoms with Crippen molar-refractivity contribution in [3.8, 4) is 0 Å². The molecule has 0 atom stereocenters. The van der Waals surface area contributed by atoms with Crippen LogP contribution in [-0.2, 0) is 10.0 Å². The molecule has 124 valence electrons. The smallest absolute Gasteiger partial charge is 0.227 e. The summed E-state index contributed by atoms with van der Waals surface area (Å²) >= 11 is 0. The molecular formula is C14H25N5O2S. The number of nitrogens with zero attached hydrogens (tertiary/aromatic N) is 4. The van der Waals surface area contributed by atoms with E-state index in [1.807, 2.05) is 32.8 Å². The van der Waals surface area contributed by atoms with Crippen LogP contribution in [0.4, 0.5) is 11.8 Å². The van der Waals surface area contributed by atoms with E-state index in [9.17, 15) is 8.42 Å².